The smallest absolute Gasteiger partial charge is 0.257 e. The minimum absolute atomic E-state index is 0.0673. The Balaban J connectivity index is 1.75. The molecule has 3 rings (SSSR count). The van der Waals surface area contributed by atoms with E-state index in [4.69, 9.17) is 4.74 Å². The molecular formula is C22H28N2O2. The van der Waals surface area contributed by atoms with E-state index in [1.807, 2.05) is 60.4 Å². The zero-order valence-corrected chi connectivity index (χ0v) is 15.7. The van der Waals surface area contributed by atoms with Crippen LogP contribution < -0.4 is 10.1 Å². The maximum absolute atomic E-state index is 12.8. The Morgan fingerprint density at radius 1 is 1.04 bits per heavy atom. The van der Waals surface area contributed by atoms with Gasteiger partial charge < -0.3 is 15.0 Å². The Bertz CT molecular complexity index is 744. The molecule has 0 aromatic heterocycles. The maximum Gasteiger partial charge on any atom is 0.257 e. The third-order valence-electron chi connectivity index (χ3n) is 4.80. The third kappa shape index (κ3) is 4.01. The van der Waals surface area contributed by atoms with Gasteiger partial charge in [-0.25, -0.2) is 0 Å². The second-order valence-corrected chi connectivity index (χ2v) is 6.67. The largest absolute Gasteiger partial charge is 0.494 e. The molecular weight excluding hydrogens is 324 g/mol. The minimum Gasteiger partial charge on any atom is -0.494 e. The number of carbonyl (C=O) groups is 1. The van der Waals surface area contributed by atoms with Crippen LogP contribution >= 0.6 is 0 Å². The first-order valence-electron chi connectivity index (χ1n) is 9.64. The number of hydrogen-bond donors (Lipinski definition) is 1. The van der Waals surface area contributed by atoms with Gasteiger partial charge in [0.1, 0.15) is 11.9 Å². The van der Waals surface area contributed by atoms with E-state index in [-0.39, 0.29) is 12.1 Å². The van der Waals surface area contributed by atoms with E-state index in [0.717, 1.165) is 35.6 Å². The lowest BCUT2D eigenvalue weighted by Crippen LogP contribution is -2.42. The van der Waals surface area contributed by atoms with Crippen LogP contribution in [0.1, 0.15) is 61.6 Å². The third-order valence-corrected chi connectivity index (χ3v) is 4.80. The summed E-state index contributed by atoms with van der Waals surface area (Å²) in [4.78, 5) is 14.7. The van der Waals surface area contributed by atoms with Gasteiger partial charge in [0.15, 0.2) is 0 Å². The minimum atomic E-state index is -0.175. The molecule has 0 fully saturated rings. The summed E-state index contributed by atoms with van der Waals surface area (Å²) in [6.45, 7) is 5.60. The summed E-state index contributed by atoms with van der Waals surface area (Å²) in [5.74, 6) is 0.931. The van der Waals surface area contributed by atoms with Crippen molar-refractivity contribution in [2.75, 3.05) is 18.5 Å². The number of rotatable bonds is 8. The molecule has 1 unspecified atom stereocenters. The number of nitrogens with one attached hydrogen (secondary N) is 1. The van der Waals surface area contributed by atoms with Crippen molar-refractivity contribution in [2.45, 2.75) is 45.7 Å². The summed E-state index contributed by atoms with van der Waals surface area (Å²) in [6, 6.07) is 15.8. The Labute approximate surface area is 156 Å². The summed E-state index contributed by atoms with van der Waals surface area (Å²) in [7, 11) is 0. The number of benzene rings is 2. The van der Waals surface area contributed by atoms with Crippen LogP contribution in [0.4, 0.5) is 5.69 Å². The van der Waals surface area contributed by atoms with Gasteiger partial charge in [-0.3, -0.25) is 4.79 Å². The average molecular weight is 352 g/mol. The van der Waals surface area contributed by atoms with Gasteiger partial charge in [0.2, 0.25) is 0 Å². The molecule has 1 N–H and O–H groups in total. The molecule has 0 saturated carbocycles. The fourth-order valence-corrected chi connectivity index (χ4v) is 3.38. The molecule has 0 aliphatic carbocycles. The van der Waals surface area contributed by atoms with Gasteiger partial charge in [0.25, 0.3) is 5.91 Å². The summed E-state index contributed by atoms with van der Waals surface area (Å²) < 4.78 is 5.92. The van der Waals surface area contributed by atoms with Gasteiger partial charge in [-0.2, -0.15) is 0 Å². The molecule has 0 radical (unpaired) electrons. The highest BCUT2D eigenvalue weighted by molar-refractivity contribution is 6.01. The van der Waals surface area contributed by atoms with E-state index in [1.165, 1.54) is 19.3 Å². The van der Waals surface area contributed by atoms with Crippen molar-refractivity contribution < 1.29 is 9.53 Å². The zero-order valence-electron chi connectivity index (χ0n) is 15.7. The van der Waals surface area contributed by atoms with Gasteiger partial charge in [-0.05, 0) is 43.2 Å². The molecule has 1 atom stereocenters. The van der Waals surface area contributed by atoms with E-state index < -0.39 is 0 Å². The average Bonchev–Trinajstić information content (AvgIpc) is 2.68. The Kier molecular flexibility index (Phi) is 6.16. The van der Waals surface area contributed by atoms with E-state index >= 15 is 0 Å². The molecule has 1 heterocycles. The number of fused-ring (bicyclic) bond motifs is 1. The van der Waals surface area contributed by atoms with Crippen LogP contribution in [0.2, 0.25) is 0 Å². The van der Waals surface area contributed by atoms with E-state index in [1.54, 1.807) is 0 Å². The van der Waals surface area contributed by atoms with Crippen molar-refractivity contribution in [2.24, 2.45) is 0 Å². The number of ether oxygens (including phenoxy) is 1. The van der Waals surface area contributed by atoms with Gasteiger partial charge in [0.05, 0.1) is 12.2 Å². The van der Waals surface area contributed by atoms with E-state index in [9.17, 15) is 4.79 Å². The first-order valence-corrected chi connectivity index (χ1v) is 9.64. The Morgan fingerprint density at radius 2 is 1.88 bits per heavy atom. The molecule has 2 aromatic rings. The van der Waals surface area contributed by atoms with Crippen molar-refractivity contribution in [1.82, 2.24) is 4.90 Å². The predicted molar refractivity (Wildman–Crippen MR) is 106 cm³/mol. The quantitative estimate of drug-likeness (QED) is 0.661. The highest BCUT2D eigenvalue weighted by atomic mass is 16.5. The fraction of sp³-hybridized carbons (Fsp3) is 0.409. The topological polar surface area (TPSA) is 41.6 Å². The van der Waals surface area contributed by atoms with Crippen LogP contribution in [-0.4, -0.2) is 24.0 Å². The predicted octanol–water partition coefficient (Wildman–Crippen LogP) is 5.23. The molecule has 0 saturated heterocycles. The van der Waals surface area contributed by atoms with Gasteiger partial charge in [-0.15, -0.1) is 0 Å². The van der Waals surface area contributed by atoms with Gasteiger partial charge in [0, 0.05) is 12.2 Å². The number of anilines is 1. The van der Waals surface area contributed by atoms with Gasteiger partial charge in [-0.1, -0.05) is 50.5 Å². The van der Waals surface area contributed by atoms with Gasteiger partial charge >= 0.3 is 0 Å². The number of hydrogen-bond acceptors (Lipinski definition) is 3. The normalized spacial score (nSPS) is 16.2. The molecule has 2 aromatic carbocycles. The van der Waals surface area contributed by atoms with Crippen LogP contribution in [0.25, 0.3) is 0 Å². The second kappa shape index (κ2) is 8.75. The lowest BCUT2D eigenvalue weighted by molar-refractivity contribution is 0.0694. The van der Waals surface area contributed by atoms with Crippen LogP contribution in [0.5, 0.6) is 5.75 Å². The fourth-order valence-electron chi connectivity index (χ4n) is 3.38. The molecule has 26 heavy (non-hydrogen) atoms. The van der Waals surface area contributed by atoms with E-state index in [2.05, 4.69) is 12.2 Å². The summed E-state index contributed by atoms with van der Waals surface area (Å²) >= 11 is 0. The van der Waals surface area contributed by atoms with Crippen LogP contribution in [-0.2, 0) is 0 Å². The number of carbonyl (C=O) groups excluding carboxylic acids is 1. The molecule has 0 spiro atoms. The Morgan fingerprint density at radius 3 is 2.69 bits per heavy atom. The summed E-state index contributed by atoms with van der Waals surface area (Å²) in [5.41, 5.74) is 2.66. The van der Waals surface area contributed by atoms with Crippen molar-refractivity contribution >= 4 is 11.6 Å². The number of nitrogens with zero attached hydrogens (tertiary/aromatic N) is 1. The Hall–Kier alpha value is -2.49. The highest BCUT2D eigenvalue weighted by Crippen LogP contribution is 2.33. The van der Waals surface area contributed by atoms with Crippen LogP contribution in [0, 0.1) is 0 Å². The summed E-state index contributed by atoms with van der Waals surface area (Å²) in [6.07, 6.45) is 4.58. The first kappa shape index (κ1) is 18.3. The second-order valence-electron chi connectivity index (χ2n) is 6.67. The molecule has 4 heteroatoms. The lowest BCUT2D eigenvalue weighted by Gasteiger charge is -2.37. The molecule has 4 nitrogen and oxygen atoms in total. The van der Waals surface area contributed by atoms with Crippen LogP contribution in [0.15, 0.2) is 48.5 Å². The van der Waals surface area contributed by atoms with Crippen molar-refractivity contribution in [3.8, 4) is 5.75 Å². The molecule has 138 valence electrons. The van der Waals surface area contributed by atoms with Crippen molar-refractivity contribution in [3.05, 3.63) is 59.7 Å². The highest BCUT2D eigenvalue weighted by Gasteiger charge is 2.31. The molecule has 0 bridgehead atoms. The number of unbranched alkanes of at least 4 members (excludes halogenated alkanes) is 3. The van der Waals surface area contributed by atoms with Crippen molar-refractivity contribution in [1.29, 1.82) is 0 Å². The monoisotopic (exact) mass is 352 g/mol. The maximum atomic E-state index is 12.8. The summed E-state index contributed by atoms with van der Waals surface area (Å²) in [5, 5.41) is 3.51. The van der Waals surface area contributed by atoms with Crippen molar-refractivity contribution in [3.63, 3.8) is 0 Å². The molecule has 1 aliphatic rings. The standard InChI is InChI=1S/C22H28N2O2/c1-3-5-6-9-15-26-18-12-10-11-17(16-18)21-23-20-14-8-7-13-19(20)22(25)24(21)4-2/h7-8,10-14,16,21,23H,3-6,9,15H2,1-2H3. The number of para-hydroxylation sites is 1. The zero-order chi connectivity index (χ0) is 18.4. The van der Waals surface area contributed by atoms with E-state index in [0.29, 0.717) is 6.54 Å². The number of amides is 1. The SMILES string of the molecule is CCCCCCOc1cccc(C2Nc3ccccc3C(=O)N2CC)c1. The lowest BCUT2D eigenvalue weighted by atomic mass is 10.0. The molecule has 1 amide bonds. The van der Waals surface area contributed by atoms with Crippen LogP contribution in [0.3, 0.4) is 0 Å². The first-order chi connectivity index (χ1) is 12.7. The molecule has 1 aliphatic heterocycles.